The number of rotatable bonds is 14. The van der Waals surface area contributed by atoms with Crippen molar-refractivity contribution >= 4 is 11.4 Å². The highest BCUT2D eigenvalue weighted by Crippen LogP contribution is 2.36. The second-order valence-corrected chi connectivity index (χ2v) is 14.6. The predicted octanol–water partition coefficient (Wildman–Crippen LogP) is 13.7. The minimum absolute atomic E-state index is 0.823. The summed E-state index contributed by atoms with van der Waals surface area (Å²) in [6.07, 6.45) is 1.00. The fourth-order valence-corrected chi connectivity index (χ4v) is 7.55. The summed E-state index contributed by atoms with van der Waals surface area (Å²) in [5.74, 6) is 0. The van der Waals surface area contributed by atoms with Crippen molar-refractivity contribution < 1.29 is 0 Å². The normalized spacial score (nSPS) is 10.9. The third-order valence-electron chi connectivity index (χ3n) is 10.6. The minimum atomic E-state index is 0.823. The van der Waals surface area contributed by atoms with Gasteiger partial charge >= 0.3 is 0 Å². The van der Waals surface area contributed by atoms with Gasteiger partial charge in [-0.2, -0.15) is 0 Å². The van der Waals surface area contributed by atoms with E-state index in [0.717, 1.165) is 32.6 Å². The molecule has 8 aromatic rings. The summed E-state index contributed by atoms with van der Waals surface area (Å²) in [4.78, 5) is 4.97. The topological polar surface area (TPSA) is 6.48 Å². The van der Waals surface area contributed by atoms with E-state index in [4.69, 9.17) is 0 Å². The van der Waals surface area contributed by atoms with E-state index < -0.39 is 0 Å². The maximum Gasteiger partial charge on any atom is 0.0433 e. The van der Waals surface area contributed by atoms with E-state index in [1.165, 1.54) is 72.6 Å². The van der Waals surface area contributed by atoms with Gasteiger partial charge in [0, 0.05) is 37.6 Å². The van der Waals surface area contributed by atoms with Crippen molar-refractivity contribution in [2.45, 2.75) is 39.5 Å². The molecule has 0 aliphatic rings. The van der Waals surface area contributed by atoms with Gasteiger partial charge in [0.15, 0.2) is 0 Å². The average molecular weight is 725 g/mol. The molecule has 56 heavy (non-hydrogen) atoms. The van der Waals surface area contributed by atoms with Crippen molar-refractivity contribution in [3.63, 3.8) is 0 Å². The minimum Gasteiger partial charge on any atom is -0.363 e. The van der Waals surface area contributed by atoms with Crippen LogP contribution in [0.5, 0.6) is 0 Å². The van der Waals surface area contributed by atoms with E-state index in [1.807, 2.05) is 0 Å². The van der Waals surface area contributed by atoms with E-state index in [2.05, 4.69) is 229 Å². The molecule has 0 bridgehead atoms. The van der Waals surface area contributed by atoms with Crippen molar-refractivity contribution in [1.82, 2.24) is 0 Å². The Morgan fingerprint density at radius 1 is 0.268 bits per heavy atom. The quantitative estimate of drug-likeness (QED) is 0.110. The molecule has 0 radical (unpaired) electrons. The van der Waals surface area contributed by atoms with Crippen LogP contribution in [0.2, 0.25) is 0 Å². The average Bonchev–Trinajstić information content (AvgIpc) is 3.27. The van der Waals surface area contributed by atoms with Crippen molar-refractivity contribution in [3.05, 3.63) is 240 Å². The molecule has 0 spiro atoms. The Morgan fingerprint density at radius 2 is 0.571 bits per heavy atom. The fourth-order valence-electron chi connectivity index (χ4n) is 7.55. The number of hydrogen-bond acceptors (Lipinski definition) is 2. The van der Waals surface area contributed by atoms with Gasteiger partial charge in [-0.25, -0.2) is 0 Å². The van der Waals surface area contributed by atoms with Gasteiger partial charge in [-0.3, -0.25) is 0 Å². The monoisotopic (exact) mass is 724 g/mol. The lowest BCUT2D eigenvalue weighted by Crippen LogP contribution is -2.22. The molecule has 0 atom stereocenters. The Hall–Kier alpha value is -6.64. The third-order valence-corrected chi connectivity index (χ3v) is 10.6. The highest BCUT2D eigenvalue weighted by molar-refractivity contribution is 5.83. The second-order valence-electron chi connectivity index (χ2n) is 14.6. The Labute approximate surface area is 333 Å². The van der Waals surface area contributed by atoms with E-state index in [9.17, 15) is 0 Å². The molecule has 0 aliphatic heterocycles. The summed E-state index contributed by atoms with van der Waals surface area (Å²) >= 11 is 0. The summed E-state index contributed by atoms with van der Waals surface area (Å²) in [6, 6.07) is 77.5. The highest BCUT2D eigenvalue weighted by atomic mass is 15.1. The Balaban J connectivity index is 1.20. The molecule has 2 heteroatoms. The molecule has 8 aromatic carbocycles. The molecule has 0 aliphatic carbocycles. The Kier molecular flexibility index (Phi) is 11.5. The fraction of sp³-hybridized carbons (Fsp3) is 0.111. The molecular formula is C54H48N2. The summed E-state index contributed by atoms with van der Waals surface area (Å²) in [7, 11) is 0. The first-order chi connectivity index (χ1) is 27.7. The van der Waals surface area contributed by atoms with Crippen molar-refractivity contribution in [3.8, 4) is 33.4 Å². The molecule has 274 valence electrons. The van der Waals surface area contributed by atoms with Gasteiger partial charge < -0.3 is 9.80 Å². The molecule has 0 fully saturated rings. The highest BCUT2D eigenvalue weighted by Gasteiger charge is 2.15. The zero-order valence-electron chi connectivity index (χ0n) is 32.1. The van der Waals surface area contributed by atoms with Crippen LogP contribution in [0.1, 0.15) is 34.7 Å². The molecule has 0 aromatic heterocycles. The lowest BCUT2D eigenvalue weighted by molar-refractivity contribution is 0.800. The van der Waals surface area contributed by atoms with Gasteiger partial charge in [-0.1, -0.05) is 177 Å². The van der Waals surface area contributed by atoms with Crippen molar-refractivity contribution in [2.24, 2.45) is 0 Å². The number of hydrogen-bond donors (Lipinski definition) is 0. The first-order valence-corrected chi connectivity index (χ1v) is 19.8. The first-order valence-electron chi connectivity index (χ1n) is 19.8. The van der Waals surface area contributed by atoms with Gasteiger partial charge in [0.25, 0.3) is 0 Å². The maximum absolute atomic E-state index is 2.49. The Bertz CT molecular complexity index is 2230. The van der Waals surface area contributed by atoms with Crippen molar-refractivity contribution in [2.75, 3.05) is 9.80 Å². The molecule has 0 saturated carbocycles. The molecule has 2 nitrogen and oxygen atoms in total. The largest absolute Gasteiger partial charge is 0.363 e. The summed E-state index contributed by atoms with van der Waals surface area (Å²) in [6.45, 7) is 5.52. The first kappa shape index (κ1) is 36.3. The number of nitrogens with zero attached hydrogens (tertiary/aromatic N) is 2. The van der Waals surface area contributed by atoms with Gasteiger partial charge in [0.1, 0.15) is 0 Å². The molecule has 0 unspecified atom stereocenters. The van der Waals surface area contributed by atoms with Crippen LogP contribution in [0.15, 0.2) is 212 Å². The van der Waals surface area contributed by atoms with Crippen LogP contribution in [0, 0.1) is 0 Å². The number of aryl methyl sites for hydroxylation is 1. The van der Waals surface area contributed by atoms with Crippen LogP contribution in [-0.4, -0.2) is 0 Å². The summed E-state index contributed by atoms with van der Waals surface area (Å²) in [5.41, 5.74) is 16.2. The number of anilines is 2. The predicted molar refractivity (Wildman–Crippen MR) is 238 cm³/mol. The Morgan fingerprint density at radius 3 is 0.911 bits per heavy atom. The second kappa shape index (κ2) is 17.7. The van der Waals surface area contributed by atoms with Gasteiger partial charge in [0.05, 0.1) is 0 Å². The molecule has 8 rings (SSSR count). The van der Waals surface area contributed by atoms with Crippen LogP contribution in [-0.2, 0) is 32.6 Å². The standard InChI is InChI=1S/C54H48N2/c1-2-42-26-15-27-47(32-42)50-33-51(48-28-16-30-53(36-48)55(38-43-18-7-3-8-19-43)39-44-20-9-4-10-21-44)35-52(34-50)49-29-17-31-54(37-49)56(40-45-22-11-5-12-23-45)41-46-24-13-6-14-25-46/h3-37H,2,38-41H2,1H3. The lowest BCUT2D eigenvalue weighted by Gasteiger charge is -2.26. The van der Waals surface area contributed by atoms with E-state index in [-0.39, 0.29) is 0 Å². The lowest BCUT2D eigenvalue weighted by atomic mass is 9.92. The maximum atomic E-state index is 2.49. The molecule has 0 heterocycles. The van der Waals surface area contributed by atoms with Gasteiger partial charge in [-0.15, -0.1) is 0 Å². The van der Waals surface area contributed by atoms with Crippen molar-refractivity contribution in [1.29, 1.82) is 0 Å². The van der Waals surface area contributed by atoms with Crippen LogP contribution in [0.25, 0.3) is 33.4 Å². The zero-order valence-corrected chi connectivity index (χ0v) is 32.1. The zero-order chi connectivity index (χ0) is 37.9. The number of benzene rings is 8. The van der Waals surface area contributed by atoms with Crippen LogP contribution in [0.4, 0.5) is 11.4 Å². The third kappa shape index (κ3) is 9.17. The molecule has 0 saturated heterocycles. The van der Waals surface area contributed by atoms with E-state index >= 15 is 0 Å². The summed E-state index contributed by atoms with van der Waals surface area (Å²) < 4.78 is 0. The molecule has 0 amide bonds. The smallest absolute Gasteiger partial charge is 0.0433 e. The van der Waals surface area contributed by atoms with Crippen LogP contribution in [0.3, 0.4) is 0 Å². The van der Waals surface area contributed by atoms with Gasteiger partial charge in [0.2, 0.25) is 0 Å². The van der Waals surface area contributed by atoms with E-state index in [0.29, 0.717) is 0 Å². The van der Waals surface area contributed by atoms with Crippen LogP contribution < -0.4 is 9.80 Å². The summed E-state index contributed by atoms with van der Waals surface area (Å²) in [5, 5.41) is 0. The van der Waals surface area contributed by atoms with E-state index in [1.54, 1.807) is 0 Å². The molecule has 0 N–H and O–H groups in total. The molecular weight excluding hydrogens is 677 g/mol. The van der Waals surface area contributed by atoms with Gasteiger partial charge in [-0.05, 0) is 110 Å². The van der Waals surface area contributed by atoms with Crippen LogP contribution >= 0.6 is 0 Å². The SMILES string of the molecule is CCc1cccc(-c2cc(-c3cccc(N(Cc4ccccc4)Cc4ccccc4)c3)cc(-c3cccc(N(Cc4ccccc4)Cc4ccccc4)c3)c2)c1.